The Kier molecular flexibility index (Phi) is 4.97. The zero-order chi connectivity index (χ0) is 7.28. The van der Waals surface area contributed by atoms with Crippen molar-refractivity contribution in [3.63, 3.8) is 0 Å². The Morgan fingerprint density at radius 3 is 2.22 bits per heavy atom. The maximum atomic E-state index is 2.19. The third-order valence-electron chi connectivity index (χ3n) is 1.32. The van der Waals surface area contributed by atoms with E-state index in [-0.39, 0.29) is 0 Å². The summed E-state index contributed by atoms with van der Waals surface area (Å²) in [5, 5.41) is 0. The summed E-state index contributed by atoms with van der Waals surface area (Å²) in [7, 11) is 0. The van der Waals surface area contributed by atoms with Gasteiger partial charge in [-0.2, -0.15) is 11.8 Å². The predicted molar refractivity (Wildman–Crippen MR) is 46.5 cm³/mol. The Morgan fingerprint density at radius 2 is 1.89 bits per heavy atom. The molecule has 0 atom stereocenters. The Bertz CT molecular complexity index is 99.1. The van der Waals surface area contributed by atoms with E-state index in [9.17, 15) is 0 Å². The van der Waals surface area contributed by atoms with Crippen LogP contribution in [0.25, 0.3) is 0 Å². The highest BCUT2D eigenvalue weighted by Gasteiger charge is 1.89. The van der Waals surface area contributed by atoms with Crippen LogP contribution in [0.5, 0.6) is 0 Å². The summed E-state index contributed by atoms with van der Waals surface area (Å²) in [4.78, 5) is 0. The molecule has 0 heterocycles. The molecule has 0 amide bonds. The fourth-order valence-corrected chi connectivity index (χ4v) is 1.06. The first-order valence-electron chi connectivity index (χ1n) is 3.21. The van der Waals surface area contributed by atoms with Gasteiger partial charge in [-0.25, -0.2) is 0 Å². The number of hydrogen-bond donors (Lipinski definition) is 0. The quantitative estimate of drug-likeness (QED) is 0.546. The van der Waals surface area contributed by atoms with Gasteiger partial charge < -0.3 is 0 Å². The molecule has 0 fully saturated rings. The topological polar surface area (TPSA) is 0 Å². The molecule has 0 aromatic heterocycles. The van der Waals surface area contributed by atoms with E-state index in [0.717, 1.165) is 5.75 Å². The summed E-state index contributed by atoms with van der Waals surface area (Å²) < 4.78 is 0. The van der Waals surface area contributed by atoms with Crippen LogP contribution in [-0.4, -0.2) is 5.75 Å². The van der Waals surface area contributed by atoms with Crippen molar-refractivity contribution in [2.45, 2.75) is 27.7 Å². The number of rotatable bonds is 3. The number of hydrogen-bond acceptors (Lipinski definition) is 1. The van der Waals surface area contributed by atoms with Crippen LogP contribution in [0, 0.1) is 5.75 Å². The fourth-order valence-electron chi connectivity index (χ4n) is 0.353. The number of thioether (sulfide) groups is 1. The van der Waals surface area contributed by atoms with Crippen molar-refractivity contribution in [1.82, 2.24) is 0 Å². The minimum Gasteiger partial charge on any atom is -0.153 e. The minimum absolute atomic E-state index is 1.15. The number of allylic oxidation sites excluding steroid dienone is 1. The molecular weight excluding hydrogens is 128 g/mol. The molecule has 0 N–H and O–H groups in total. The summed E-state index contributed by atoms with van der Waals surface area (Å²) in [6.45, 7) is 8.58. The van der Waals surface area contributed by atoms with Gasteiger partial charge in [-0.1, -0.05) is 18.1 Å². The third-order valence-corrected chi connectivity index (χ3v) is 2.25. The van der Waals surface area contributed by atoms with E-state index < -0.39 is 0 Å². The van der Waals surface area contributed by atoms with E-state index in [4.69, 9.17) is 0 Å². The molecule has 0 saturated carbocycles. The van der Waals surface area contributed by atoms with Crippen LogP contribution in [0.1, 0.15) is 27.7 Å². The van der Waals surface area contributed by atoms with Crippen LogP contribution >= 0.6 is 11.8 Å². The zero-order valence-corrected chi connectivity index (χ0v) is 7.51. The van der Waals surface area contributed by atoms with Crippen LogP contribution < -0.4 is 0 Å². The first-order valence-corrected chi connectivity index (χ1v) is 4.25. The van der Waals surface area contributed by atoms with Gasteiger partial charge in [0.1, 0.15) is 0 Å². The molecule has 0 aliphatic heterocycles. The average molecular weight is 143 g/mol. The maximum Gasteiger partial charge on any atom is 0.0146 e. The first-order chi connectivity index (χ1) is 4.18. The summed E-state index contributed by atoms with van der Waals surface area (Å²) >= 11 is 1.86. The van der Waals surface area contributed by atoms with E-state index in [1.807, 2.05) is 11.8 Å². The molecule has 53 valence electrons. The second-order valence-corrected chi connectivity index (χ2v) is 3.42. The molecule has 0 bridgehead atoms. The smallest absolute Gasteiger partial charge is 0.0146 e. The van der Waals surface area contributed by atoms with Crippen molar-refractivity contribution in [3.8, 4) is 0 Å². The predicted octanol–water partition coefficient (Wildman–Crippen LogP) is 3.26. The zero-order valence-electron chi connectivity index (χ0n) is 6.69. The SMILES string of the molecule is C[CH]SCC(C)=C(C)C. The van der Waals surface area contributed by atoms with E-state index >= 15 is 0 Å². The van der Waals surface area contributed by atoms with Gasteiger partial charge >= 0.3 is 0 Å². The van der Waals surface area contributed by atoms with Crippen LogP contribution in [0.15, 0.2) is 11.1 Å². The van der Waals surface area contributed by atoms with E-state index in [1.54, 1.807) is 0 Å². The lowest BCUT2D eigenvalue weighted by atomic mass is 10.2. The standard InChI is InChI=1S/C8H15S/c1-5-9-6-8(4)7(2)3/h5H,6H2,1-4H3. The first kappa shape index (κ1) is 9.09. The van der Waals surface area contributed by atoms with Gasteiger partial charge in [0.15, 0.2) is 0 Å². The van der Waals surface area contributed by atoms with Gasteiger partial charge in [-0.05, 0) is 20.8 Å². The van der Waals surface area contributed by atoms with Gasteiger partial charge in [0.05, 0.1) is 0 Å². The Morgan fingerprint density at radius 1 is 1.33 bits per heavy atom. The van der Waals surface area contributed by atoms with Gasteiger partial charge in [-0.15, -0.1) is 0 Å². The Hall–Kier alpha value is 0.0900. The van der Waals surface area contributed by atoms with Crippen molar-refractivity contribution in [2.75, 3.05) is 5.75 Å². The van der Waals surface area contributed by atoms with E-state index in [0.29, 0.717) is 0 Å². The van der Waals surface area contributed by atoms with E-state index in [2.05, 4.69) is 33.4 Å². The lowest BCUT2D eigenvalue weighted by Gasteiger charge is -2.00. The molecule has 0 aliphatic carbocycles. The largest absolute Gasteiger partial charge is 0.153 e. The summed E-state index contributed by atoms with van der Waals surface area (Å²) in [5.74, 6) is 3.28. The molecule has 1 heteroatoms. The molecule has 0 aromatic carbocycles. The third kappa shape index (κ3) is 4.58. The van der Waals surface area contributed by atoms with Gasteiger partial charge in [0.2, 0.25) is 0 Å². The lowest BCUT2D eigenvalue weighted by molar-refractivity contribution is 1.24. The van der Waals surface area contributed by atoms with Gasteiger partial charge in [-0.3, -0.25) is 0 Å². The highest BCUT2D eigenvalue weighted by atomic mass is 32.2. The lowest BCUT2D eigenvalue weighted by Crippen LogP contribution is -1.82. The highest BCUT2D eigenvalue weighted by molar-refractivity contribution is 8.01. The molecule has 9 heavy (non-hydrogen) atoms. The fraction of sp³-hybridized carbons (Fsp3) is 0.625. The maximum absolute atomic E-state index is 2.19. The molecule has 0 rings (SSSR count). The molecular formula is C8H15S. The van der Waals surface area contributed by atoms with Crippen LogP contribution in [-0.2, 0) is 0 Å². The summed E-state index contributed by atoms with van der Waals surface area (Å²) in [5.41, 5.74) is 2.95. The van der Waals surface area contributed by atoms with Crippen molar-refractivity contribution in [1.29, 1.82) is 0 Å². The van der Waals surface area contributed by atoms with Crippen LogP contribution in [0.2, 0.25) is 0 Å². The molecule has 0 aliphatic rings. The molecule has 0 unspecified atom stereocenters. The van der Waals surface area contributed by atoms with Crippen molar-refractivity contribution in [2.24, 2.45) is 0 Å². The van der Waals surface area contributed by atoms with Crippen molar-refractivity contribution in [3.05, 3.63) is 16.9 Å². The monoisotopic (exact) mass is 143 g/mol. The highest BCUT2D eigenvalue weighted by Crippen LogP contribution is 2.12. The second kappa shape index (κ2) is 4.92. The molecule has 0 saturated heterocycles. The Balaban J connectivity index is 3.50. The summed E-state index contributed by atoms with van der Waals surface area (Å²) in [6, 6.07) is 0. The Labute approximate surface area is 62.7 Å². The summed E-state index contributed by atoms with van der Waals surface area (Å²) in [6.07, 6.45) is 0. The molecule has 0 spiro atoms. The van der Waals surface area contributed by atoms with Crippen molar-refractivity contribution < 1.29 is 0 Å². The van der Waals surface area contributed by atoms with Crippen LogP contribution in [0.3, 0.4) is 0 Å². The average Bonchev–Trinajstić information content (AvgIpc) is 1.82. The molecule has 0 aromatic rings. The minimum atomic E-state index is 1.15. The van der Waals surface area contributed by atoms with Crippen molar-refractivity contribution >= 4 is 11.8 Å². The van der Waals surface area contributed by atoms with Crippen LogP contribution in [0.4, 0.5) is 0 Å². The molecule has 1 radical (unpaired) electrons. The second-order valence-electron chi connectivity index (χ2n) is 2.33. The van der Waals surface area contributed by atoms with E-state index in [1.165, 1.54) is 11.1 Å². The van der Waals surface area contributed by atoms with Gasteiger partial charge in [0.25, 0.3) is 0 Å². The normalized spacial score (nSPS) is 9.33. The van der Waals surface area contributed by atoms with Gasteiger partial charge in [0, 0.05) is 11.5 Å². The molecule has 0 nitrogen and oxygen atoms in total.